The summed E-state index contributed by atoms with van der Waals surface area (Å²) in [4.78, 5) is 0. The lowest BCUT2D eigenvalue weighted by Crippen LogP contribution is -1.83. The second kappa shape index (κ2) is 20.0. The van der Waals surface area contributed by atoms with Gasteiger partial charge in [-0.15, -0.1) is 0 Å². The molecule has 0 aromatic heterocycles. The molecule has 0 saturated heterocycles. The number of rotatable bonds is 4. The molecule has 0 radical (unpaired) electrons. The van der Waals surface area contributed by atoms with Crippen LogP contribution in [0.2, 0.25) is 0 Å². The van der Waals surface area contributed by atoms with Crippen molar-refractivity contribution in [2.75, 3.05) is 0 Å². The van der Waals surface area contributed by atoms with Gasteiger partial charge in [-0.05, 0) is 53.5 Å². The maximum atomic E-state index is 2.28. The van der Waals surface area contributed by atoms with Crippen LogP contribution in [0.1, 0.15) is 85.6 Å². The van der Waals surface area contributed by atoms with Gasteiger partial charge in [0.05, 0.1) is 0 Å². The molecule has 0 nitrogen and oxygen atoms in total. The highest BCUT2D eigenvalue weighted by atomic mass is 14.0. The predicted octanol–water partition coefficient (Wildman–Crippen LogP) is 9.89. The second-order valence-corrected chi connectivity index (χ2v) is 6.27. The quantitative estimate of drug-likeness (QED) is 0.472. The highest BCUT2D eigenvalue weighted by Crippen LogP contribution is 2.19. The molecule has 1 aliphatic rings. The zero-order chi connectivity index (χ0) is 19.9. The third kappa shape index (κ3) is 11.6. The van der Waals surface area contributed by atoms with Gasteiger partial charge in [-0.2, -0.15) is 0 Å². The minimum absolute atomic E-state index is 0. The average Bonchev–Trinajstić information content (AvgIpc) is 3.05. The fraction of sp³-hybridized carbons (Fsp3) is 0.400. The van der Waals surface area contributed by atoms with Gasteiger partial charge in [0.1, 0.15) is 0 Å². The van der Waals surface area contributed by atoms with E-state index in [1.54, 1.807) is 0 Å². The molecule has 0 saturated carbocycles. The van der Waals surface area contributed by atoms with Crippen molar-refractivity contribution in [1.29, 1.82) is 0 Å². The molecule has 0 aliphatic heterocycles. The van der Waals surface area contributed by atoms with Crippen LogP contribution in [0.3, 0.4) is 0 Å². The smallest absolute Gasteiger partial charge is 0.0163 e. The van der Waals surface area contributed by atoms with Gasteiger partial charge in [-0.1, -0.05) is 136 Å². The monoisotopic (exact) mass is 408 g/mol. The van der Waals surface area contributed by atoms with Crippen LogP contribution >= 0.6 is 0 Å². The summed E-state index contributed by atoms with van der Waals surface area (Å²) in [6.45, 7) is 10.6. The Kier molecular flexibility index (Phi) is 21.5. The first-order valence-corrected chi connectivity index (χ1v) is 10.5. The van der Waals surface area contributed by atoms with Gasteiger partial charge in [0.2, 0.25) is 0 Å². The SMILES string of the molecule is C.C.C.CC.CCc1ccc(C2=CC=CCC=C2)cc1.CCc1cccc(CC)c1. The lowest BCUT2D eigenvalue weighted by molar-refractivity contribution is 1.09. The first-order valence-electron chi connectivity index (χ1n) is 10.5. The van der Waals surface area contributed by atoms with Crippen molar-refractivity contribution in [3.63, 3.8) is 0 Å². The normalized spacial score (nSPS) is 10.9. The van der Waals surface area contributed by atoms with Crippen LogP contribution in [-0.2, 0) is 19.3 Å². The molecule has 2 aromatic rings. The first kappa shape index (κ1) is 32.3. The van der Waals surface area contributed by atoms with E-state index in [1.807, 2.05) is 13.8 Å². The number of aryl methyl sites for hydroxylation is 3. The predicted molar refractivity (Wildman–Crippen MR) is 143 cm³/mol. The number of hydrogen-bond donors (Lipinski definition) is 0. The first-order chi connectivity index (χ1) is 13.3. The molecular formula is C30H48. The Hall–Kier alpha value is -2.34. The van der Waals surface area contributed by atoms with E-state index in [4.69, 9.17) is 0 Å². The summed E-state index contributed by atoms with van der Waals surface area (Å²) < 4.78 is 0. The Labute approximate surface area is 189 Å². The summed E-state index contributed by atoms with van der Waals surface area (Å²) in [5, 5.41) is 0. The Morgan fingerprint density at radius 2 is 1.20 bits per heavy atom. The summed E-state index contributed by atoms with van der Waals surface area (Å²) in [5.74, 6) is 0. The molecule has 0 N–H and O–H groups in total. The molecule has 0 spiro atoms. The molecule has 0 atom stereocenters. The molecule has 0 unspecified atom stereocenters. The maximum absolute atomic E-state index is 2.28. The Balaban J connectivity index is -0.000000433. The molecule has 0 heterocycles. The Morgan fingerprint density at radius 3 is 1.70 bits per heavy atom. The molecule has 2 aromatic carbocycles. The molecule has 168 valence electrons. The van der Waals surface area contributed by atoms with Crippen molar-refractivity contribution in [3.05, 3.63) is 101 Å². The van der Waals surface area contributed by atoms with Crippen LogP contribution in [0.4, 0.5) is 0 Å². The van der Waals surface area contributed by atoms with Crippen LogP contribution in [0.25, 0.3) is 5.57 Å². The van der Waals surface area contributed by atoms with E-state index in [9.17, 15) is 0 Å². The van der Waals surface area contributed by atoms with Crippen LogP contribution in [0, 0.1) is 0 Å². The molecule has 0 heteroatoms. The molecular weight excluding hydrogens is 360 g/mol. The zero-order valence-electron chi connectivity index (χ0n) is 17.8. The lowest BCUT2D eigenvalue weighted by Gasteiger charge is -2.02. The van der Waals surface area contributed by atoms with Crippen molar-refractivity contribution in [1.82, 2.24) is 0 Å². The largest absolute Gasteiger partial charge is 0.0807 e. The Morgan fingerprint density at radius 1 is 0.667 bits per heavy atom. The van der Waals surface area contributed by atoms with Gasteiger partial charge in [-0.3, -0.25) is 0 Å². The van der Waals surface area contributed by atoms with Gasteiger partial charge < -0.3 is 0 Å². The highest BCUT2D eigenvalue weighted by molar-refractivity contribution is 5.75. The zero-order valence-corrected chi connectivity index (χ0v) is 17.8. The van der Waals surface area contributed by atoms with Gasteiger partial charge in [0, 0.05) is 0 Å². The molecule has 3 rings (SSSR count). The van der Waals surface area contributed by atoms with Crippen LogP contribution in [0.5, 0.6) is 0 Å². The van der Waals surface area contributed by atoms with Crippen molar-refractivity contribution in [3.8, 4) is 0 Å². The van der Waals surface area contributed by atoms with E-state index in [1.165, 1.54) is 27.8 Å². The summed E-state index contributed by atoms with van der Waals surface area (Å²) in [6.07, 6.45) is 15.3. The van der Waals surface area contributed by atoms with Gasteiger partial charge in [0.15, 0.2) is 0 Å². The fourth-order valence-corrected chi connectivity index (χ4v) is 2.77. The topological polar surface area (TPSA) is 0 Å². The molecule has 0 amide bonds. The van der Waals surface area contributed by atoms with Crippen molar-refractivity contribution in [2.24, 2.45) is 0 Å². The lowest BCUT2D eigenvalue weighted by atomic mass is 10.0. The maximum Gasteiger partial charge on any atom is -0.0163 e. The second-order valence-electron chi connectivity index (χ2n) is 6.27. The number of allylic oxidation sites excluding steroid dienone is 6. The summed E-state index contributed by atoms with van der Waals surface area (Å²) >= 11 is 0. The molecule has 30 heavy (non-hydrogen) atoms. The third-order valence-corrected chi connectivity index (χ3v) is 4.48. The number of benzene rings is 2. The number of hydrogen-bond acceptors (Lipinski definition) is 0. The summed E-state index contributed by atoms with van der Waals surface area (Å²) in [5.41, 5.74) is 6.88. The fourth-order valence-electron chi connectivity index (χ4n) is 2.77. The highest BCUT2D eigenvalue weighted by Gasteiger charge is 1.98. The van der Waals surface area contributed by atoms with Gasteiger partial charge in [0.25, 0.3) is 0 Å². The van der Waals surface area contributed by atoms with Crippen LogP contribution in [-0.4, -0.2) is 0 Å². The van der Waals surface area contributed by atoms with Gasteiger partial charge in [-0.25, -0.2) is 0 Å². The summed E-state index contributed by atoms with van der Waals surface area (Å²) in [6, 6.07) is 17.6. The minimum atomic E-state index is 0. The van der Waals surface area contributed by atoms with E-state index in [0.29, 0.717) is 0 Å². The Bertz CT molecular complexity index is 708. The van der Waals surface area contributed by atoms with Crippen molar-refractivity contribution in [2.45, 2.75) is 82.6 Å². The van der Waals surface area contributed by atoms with Crippen molar-refractivity contribution >= 4 is 5.57 Å². The van der Waals surface area contributed by atoms with E-state index < -0.39 is 0 Å². The third-order valence-electron chi connectivity index (χ3n) is 4.48. The average molecular weight is 409 g/mol. The standard InChI is InChI=1S/C15H16.C10H14.C2H6.3CH4/c1-2-13-9-11-15(12-10-13)14-7-5-3-4-6-8-14;1-3-9-6-5-7-10(4-2)8-9;1-2;;;/h3,5-12H,2,4H2,1H3;5-8H,3-4H2,1-2H3;1-2H3;3*1H4. The van der Waals surface area contributed by atoms with E-state index in [0.717, 1.165) is 25.7 Å². The summed E-state index contributed by atoms with van der Waals surface area (Å²) in [7, 11) is 0. The molecule has 0 bridgehead atoms. The van der Waals surface area contributed by atoms with E-state index in [-0.39, 0.29) is 22.3 Å². The molecule has 0 fully saturated rings. The van der Waals surface area contributed by atoms with Crippen LogP contribution in [0.15, 0.2) is 78.9 Å². The van der Waals surface area contributed by atoms with Gasteiger partial charge >= 0.3 is 0 Å². The van der Waals surface area contributed by atoms with E-state index in [2.05, 4.69) is 99.7 Å². The minimum Gasteiger partial charge on any atom is -0.0807 e. The van der Waals surface area contributed by atoms with E-state index >= 15 is 0 Å². The van der Waals surface area contributed by atoms with Crippen molar-refractivity contribution < 1.29 is 0 Å². The van der Waals surface area contributed by atoms with Crippen LogP contribution < -0.4 is 0 Å². The molecule has 1 aliphatic carbocycles.